The second-order valence-electron chi connectivity index (χ2n) is 5.27. The van der Waals surface area contributed by atoms with Crippen LogP contribution in [0.5, 0.6) is 0 Å². The van der Waals surface area contributed by atoms with E-state index >= 15 is 0 Å². The molecule has 0 atom stereocenters. The molecule has 21 heavy (non-hydrogen) atoms. The Kier molecular flexibility index (Phi) is 3.80. The Morgan fingerprint density at radius 3 is 2.43 bits per heavy atom. The standard InChI is InChI=1S/C18H17ClN2/c1-13-7-9-15(10-8-13)18-20-11-14(2)21(18)12-16-5-3-4-6-17(16)19/h3-11H,12H2,1-2H3. The fraction of sp³-hybridized carbons (Fsp3) is 0.167. The van der Waals surface area contributed by atoms with Crippen LogP contribution < -0.4 is 0 Å². The lowest BCUT2D eigenvalue weighted by atomic mass is 10.1. The normalized spacial score (nSPS) is 10.8. The number of aryl methyl sites for hydroxylation is 2. The molecule has 0 bridgehead atoms. The quantitative estimate of drug-likeness (QED) is 0.674. The van der Waals surface area contributed by atoms with Crippen LogP contribution in [-0.2, 0) is 6.54 Å². The zero-order chi connectivity index (χ0) is 14.8. The Bertz CT molecular complexity index is 757. The third-order valence-electron chi connectivity index (χ3n) is 3.65. The topological polar surface area (TPSA) is 17.8 Å². The molecule has 0 aliphatic rings. The molecular weight excluding hydrogens is 280 g/mol. The first-order valence-electron chi connectivity index (χ1n) is 6.98. The molecule has 106 valence electrons. The average Bonchev–Trinajstić information content (AvgIpc) is 2.84. The van der Waals surface area contributed by atoms with E-state index in [1.165, 1.54) is 5.56 Å². The van der Waals surface area contributed by atoms with Crippen LogP contribution in [0, 0.1) is 13.8 Å². The van der Waals surface area contributed by atoms with Gasteiger partial charge < -0.3 is 4.57 Å². The van der Waals surface area contributed by atoms with Gasteiger partial charge in [-0.1, -0.05) is 59.6 Å². The molecule has 0 fully saturated rings. The number of rotatable bonds is 3. The number of aromatic nitrogens is 2. The summed E-state index contributed by atoms with van der Waals surface area (Å²) in [4.78, 5) is 4.56. The Hall–Kier alpha value is -2.06. The summed E-state index contributed by atoms with van der Waals surface area (Å²) in [5.74, 6) is 0.979. The number of halogens is 1. The summed E-state index contributed by atoms with van der Waals surface area (Å²) in [5.41, 5.74) is 4.61. The lowest BCUT2D eigenvalue weighted by molar-refractivity contribution is 0.779. The maximum absolute atomic E-state index is 6.28. The van der Waals surface area contributed by atoms with Crippen LogP contribution in [0.15, 0.2) is 54.7 Å². The van der Waals surface area contributed by atoms with Crippen molar-refractivity contribution in [2.24, 2.45) is 0 Å². The van der Waals surface area contributed by atoms with Crippen molar-refractivity contribution in [3.8, 4) is 11.4 Å². The minimum atomic E-state index is 0.731. The molecule has 0 N–H and O–H groups in total. The van der Waals surface area contributed by atoms with E-state index in [1.807, 2.05) is 24.4 Å². The van der Waals surface area contributed by atoms with E-state index in [0.29, 0.717) is 0 Å². The van der Waals surface area contributed by atoms with Crippen LogP contribution >= 0.6 is 11.6 Å². The monoisotopic (exact) mass is 296 g/mol. The molecular formula is C18H17ClN2. The maximum atomic E-state index is 6.28. The van der Waals surface area contributed by atoms with Crippen molar-refractivity contribution in [1.82, 2.24) is 9.55 Å². The van der Waals surface area contributed by atoms with Crippen LogP contribution in [0.1, 0.15) is 16.8 Å². The Morgan fingerprint density at radius 1 is 1.00 bits per heavy atom. The number of imidazole rings is 1. The van der Waals surface area contributed by atoms with Crippen molar-refractivity contribution in [3.05, 3.63) is 76.6 Å². The molecule has 0 saturated carbocycles. The van der Waals surface area contributed by atoms with E-state index < -0.39 is 0 Å². The summed E-state index contributed by atoms with van der Waals surface area (Å²) >= 11 is 6.28. The van der Waals surface area contributed by atoms with Gasteiger partial charge in [0.05, 0.1) is 6.54 Å². The first-order chi connectivity index (χ1) is 10.1. The summed E-state index contributed by atoms with van der Waals surface area (Å²) < 4.78 is 2.20. The molecule has 2 nitrogen and oxygen atoms in total. The lowest BCUT2D eigenvalue weighted by Crippen LogP contribution is -2.04. The fourth-order valence-electron chi connectivity index (χ4n) is 2.39. The number of hydrogen-bond donors (Lipinski definition) is 0. The van der Waals surface area contributed by atoms with Crippen molar-refractivity contribution in [1.29, 1.82) is 0 Å². The molecule has 3 aromatic rings. The molecule has 0 spiro atoms. The SMILES string of the molecule is Cc1ccc(-c2ncc(C)n2Cc2ccccc2Cl)cc1. The van der Waals surface area contributed by atoms with Crippen LogP contribution in [0.3, 0.4) is 0 Å². The smallest absolute Gasteiger partial charge is 0.140 e. The molecule has 3 rings (SSSR count). The van der Waals surface area contributed by atoms with Crippen LogP contribution in [0.25, 0.3) is 11.4 Å². The highest BCUT2D eigenvalue weighted by Gasteiger charge is 2.11. The van der Waals surface area contributed by atoms with Gasteiger partial charge in [-0.2, -0.15) is 0 Å². The van der Waals surface area contributed by atoms with E-state index in [2.05, 4.69) is 53.7 Å². The van der Waals surface area contributed by atoms with Gasteiger partial charge in [0.25, 0.3) is 0 Å². The first-order valence-corrected chi connectivity index (χ1v) is 7.35. The number of hydrogen-bond acceptors (Lipinski definition) is 1. The second kappa shape index (κ2) is 5.74. The minimum absolute atomic E-state index is 0.731. The van der Waals surface area contributed by atoms with Gasteiger partial charge in [0, 0.05) is 22.5 Å². The van der Waals surface area contributed by atoms with E-state index in [-0.39, 0.29) is 0 Å². The molecule has 0 radical (unpaired) electrons. The lowest BCUT2D eigenvalue weighted by Gasteiger charge is -2.12. The van der Waals surface area contributed by atoms with Gasteiger partial charge >= 0.3 is 0 Å². The van der Waals surface area contributed by atoms with E-state index in [0.717, 1.165) is 34.2 Å². The van der Waals surface area contributed by atoms with Crippen LogP contribution in [0.4, 0.5) is 0 Å². The highest BCUT2D eigenvalue weighted by atomic mass is 35.5. The molecule has 1 heterocycles. The molecule has 0 saturated heterocycles. The summed E-state index contributed by atoms with van der Waals surface area (Å²) in [6, 6.07) is 16.4. The van der Waals surface area contributed by atoms with Gasteiger partial charge in [-0.3, -0.25) is 0 Å². The van der Waals surface area contributed by atoms with Crippen molar-refractivity contribution in [2.75, 3.05) is 0 Å². The summed E-state index contributed by atoms with van der Waals surface area (Å²) in [6.07, 6.45) is 1.91. The zero-order valence-electron chi connectivity index (χ0n) is 12.2. The van der Waals surface area contributed by atoms with Crippen molar-refractivity contribution in [2.45, 2.75) is 20.4 Å². The summed E-state index contributed by atoms with van der Waals surface area (Å²) in [5, 5.41) is 0.792. The van der Waals surface area contributed by atoms with Gasteiger partial charge in [0.2, 0.25) is 0 Å². The Labute approximate surface area is 130 Å². The van der Waals surface area contributed by atoms with E-state index in [1.54, 1.807) is 0 Å². The van der Waals surface area contributed by atoms with Gasteiger partial charge in [-0.15, -0.1) is 0 Å². The van der Waals surface area contributed by atoms with Crippen molar-refractivity contribution >= 4 is 11.6 Å². The number of benzene rings is 2. The minimum Gasteiger partial charge on any atom is -0.324 e. The predicted octanol–water partition coefficient (Wildman–Crippen LogP) is 4.87. The van der Waals surface area contributed by atoms with E-state index in [9.17, 15) is 0 Å². The molecule has 2 aromatic carbocycles. The number of nitrogens with zero attached hydrogens (tertiary/aromatic N) is 2. The molecule has 3 heteroatoms. The highest BCUT2D eigenvalue weighted by molar-refractivity contribution is 6.31. The van der Waals surface area contributed by atoms with Gasteiger partial charge in [0.1, 0.15) is 5.82 Å². The molecule has 0 aliphatic carbocycles. The van der Waals surface area contributed by atoms with Gasteiger partial charge in [0.15, 0.2) is 0 Å². The van der Waals surface area contributed by atoms with Crippen LogP contribution in [-0.4, -0.2) is 9.55 Å². The third-order valence-corrected chi connectivity index (χ3v) is 4.02. The van der Waals surface area contributed by atoms with Crippen molar-refractivity contribution < 1.29 is 0 Å². The fourth-order valence-corrected chi connectivity index (χ4v) is 2.59. The Morgan fingerprint density at radius 2 is 1.71 bits per heavy atom. The van der Waals surface area contributed by atoms with Gasteiger partial charge in [-0.25, -0.2) is 4.98 Å². The molecule has 0 aliphatic heterocycles. The molecule has 1 aromatic heterocycles. The molecule has 0 unspecified atom stereocenters. The van der Waals surface area contributed by atoms with Gasteiger partial charge in [-0.05, 0) is 25.5 Å². The molecule has 0 amide bonds. The second-order valence-corrected chi connectivity index (χ2v) is 5.67. The first kappa shape index (κ1) is 13.9. The zero-order valence-corrected chi connectivity index (χ0v) is 12.9. The average molecular weight is 297 g/mol. The maximum Gasteiger partial charge on any atom is 0.140 e. The summed E-state index contributed by atoms with van der Waals surface area (Å²) in [7, 11) is 0. The highest BCUT2D eigenvalue weighted by Crippen LogP contribution is 2.23. The third kappa shape index (κ3) is 2.86. The van der Waals surface area contributed by atoms with Crippen molar-refractivity contribution in [3.63, 3.8) is 0 Å². The largest absolute Gasteiger partial charge is 0.324 e. The van der Waals surface area contributed by atoms with E-state index in [4.69, 9.17) is 11.6 Å². The Balaban J connectivity index is 2.01. The summed E-state index contributed by atoms with van der Waals surface area (Å²) in [6.45, 7) is 4.89. The predicted molar refractivity (Wildman–Crippen MR) is 87.7 cm³/mol. The van der Waals surface area contributed by atoms with Crippen LogP contribution in [0.2, 0.25) is 5.02 Å².